The Labute approximate surface area is 109 Å². The van der Waals surface area contributed by atoms with E-state index in [1.54, 1.807) is 7.11 Å². The molecule has 0 aliphatic rings. The van der Waals surface area contributed by atoms with Crippen molar-refractivity contribution in [1.82, 2.24) is 5.32 Å². The van der Waals surface area contributed by atoms with Crippen LogP contribution in [-0.4, -0.2) is 19.1 Å². The third-order valence-electron chi connectivity index (χ3n) is 2.96. The third-order valence-corrected chi connectivity index (χ3v) is 2.96. The monoisotopic (exact) mass is 250 g/mol. The fourth-order valence-electron chi connectivity index (χ4n) is 1.58. The first-order chi connectivity index (χ1) is 8.45. The molecule has 1 rings (SSSR count). The molecule has 0 aromatic heterocycles. The second-order valence-corrected chi connectivity index (χ2v) is 4.79. The maximum Gasteiger partial charge on any atom is 0.237 e. The number of methoxy groups -OCH3 is 1. The van der Waals surface area contributed by atoms with Crippen LogP contribution in [0.3, 0.4) is 0 Å². The molecule has 0 aliphatic heterocycles. The molecule has 100 valence electrons. The van der Waals surface area contributed by atoms with Gasteiger partial charge in [-0.1, -0.05) is 26.0 Å². The summed E-state index contributed by atoms with van der Waals surface area (Å²) in [6, 6.07) is 5.41. The predicted molar refractivity (Wildman–Crippen MR) is 72.4 cm³/mol. The van der Waals surface area contributed by atoms with Gasteiger partial charge in [0, 0.05) is 6.54 Å². The Morgan fingerprint density at radius 3 is 2.67 bits per heavy atom. The van der Waals surface area contributed by atoms with Gasteiger partial charge in [-0.15, -0.1) is 0 Å². The lowest BCUT2D eigenvalue weighted by Crippen LogP contribution is -2.43. The van der Waals surface area contributed by atoms with Crippen molar-refractivity contribution in [1.29, 1.82) is 0 Å². The first-order valence-electron chi connectivity index (χ1n) is 6.12. The standard InChI is InChI=1S/C14H22N2O2/c1-9(2)13(15)14(17)16-8-11-6-5-10(3)12(7-11)18-4/h5-7,9,13H,8,15H2,1-4H3,(H,16,17)/t13-/m0/s1. The number of nitrogens with one attached hydrogen (secondary N) is 1. The lowest BCUT2D eigenvalue weighted by molar-refractivity contribution is -0.123. The third kappa shape index (κ3) is 3.74. The van der Waals surface area contributed by atoms with Crippen LogP contribution in [-0.2, 0) is 11.3 Å². The van der Waals surface area contributed by atoms with Gasteiger partial charge in [0.05, 0.1) is 13.2 Å². The summed E-state index contributed by atoms with van der Waals surface area (Å²) in [6.45, 7) is 6.31. The minimum Gasteiger partial charge on any atom is -0.496 e. The van der Waals surface area contributed by atoms with Crippen molar-refractivity contribution in [2.75, 3.05) is 7.11 Å². The number of nitrogens with two attached hydrogens (primary N) is 1. The van der Waals surface area contributed by atoms with E-state index in [4.69, 9.17) is 10.5 Å². The summed E-state index contributed by atoms with van der Waals surface area (Å²) < 4.78 is 5.24. The quantitative estimate of drug-likeness (QED) is 0.834. The van der Waals surface area contributed by atoms with Crippen LogP contribution in [0, 0.1) is 12.8 Å². The van der Waals surface area contributed by atoms with Gasteiger partial charge in [0.2, 0.25) is 5.91 Å². The number of benzene rings is 1. The van der Waals surface area contributed by atoms with Crippen molar-refractivity contribution in [2.24, 2.45) is 11.7 Å². The van der Waals surface area contributed by atoms with Crippen LogP contribution in [0.5, 0.6) is 5.75 Å². The second-order valence-electron chi connectivity index (χ2n) is 4.79. The summed E-state index contributed by atoms with van der Waals surface area (Å²) in [6.07, 6.45) is 0. The van der Waals surface area contributed by atoms with Crippen LogP contribution in [0.25, 0.3) is 0 Å². The van der Waals surface area contributed by atoms with Crippen LogP contribution in [0.2, 0.25) is 0 Å². The molecule has 0 bridgehead atoms. The molecule has 0 saturated carbocycles. The molecule has 0 heterocycles. The van der Waals surface area contributed by atoms with Crippen molar-refractivity contribution >= 4 is 5.91 Å². The average Bonchev–Trinajstić information content (AvgIpc) is 2.36. The number of carbonyl (C=O) groups excluding carboxylic acids is 1. The molecule has 1 aromatic rings. The number of hydrogen-bond acceptors (Lipinski definition) is 3. The van der Waals surface area contributed by atoms with E-state index < -0.39 is 6.04 Å². The van der Waals surface area contributed by atoms with E-state index in [1.165, 1.54) is 0 Å². The predicted octanol–water partition coefficient (Wildman–Crippen LogP) is 1.60. The van der Waals surface area contributed by atoms with E-state index in [2.05, 4.69) is 5.32 Å². The van der Waals surface area contributed by atoms with Gasteiger partial charge in [-0.2, -0.15) is 0 Å². The molecule has 0 fully saturated rings. The average molecular weight is 250 g/mol. The van der Waals surface area contributed by atoms with E-state index in [-0.39, 0.29) is 11.8 Å². The zero-order chi connectivity index (χ0) is 13.7. The Balaban J connectivity index is 2.61. The normalized spacial score (nSPS) is 12.3. The number of amides is 1. The zero-order valence-electron chi connectivity index (χ0n) is 11.5. The molecule has 1 atom stereocenters. The van der Waals surface area contributed by atoms with E-state index in [1.807, 2.05) is 39.0 Å². The lowest BCUT2D eigenvalue weighted by atomic mass is 10.0. The second kappa shape index (κ2) is 6.40. The number of carbonyl (C=O) groups is 1. The number of rotatable bonds is 5. The molecule has 3 N–H and O–H groups in total. The van der Waals surface area contributed by atoms with Crippen molar-refractivity contribution in [3.63, 3.8) is 0 Å². The highest BCUT2D eigenvalue weighted by molar-refractivity contribution is 5.81. The van der Waals surface area contributed by atoms with E-state index in [0.29, 0.717) is 6.54 Å². The van der Waals surface area contributed by atoms with Gasteiger partial charge in [-0.3, -0.25) is 4.79 Å². The van der Waals surface area contributed by atoms with Gasteiger partial charge in [-0.05, 0) is 30.0 Å². The summed E-state index contributed by atoms with van der Waals surface area (Å²) >= 11 is 0. The Hall–Kier alpha value is -1.55. The summed E-state index contributed by atoms with van der Waals surface area (Å²) in [5.41, 5.74) is 7.84. The molecule has 1 amide bonds. The smallest absolute Gasteiger partial charge is 0.237 e. The van der Waals surface area contributed by atoms with Gasteiger partial charge in [-0.25, -0.2) is 0 Å². The van der Waals surface area contributed by atoms with Crippen molar-refractivity contribution in [3.05, 3.63) is 29.3 Å². The molecule has 0 saturated heterocycles. The minimum atomic E-state index is -0.461. The number of hydrogen-bond donors (Lipinski definition) is 2. The Bertz CT molecular complexity index is 416. The Morgan fingerprint density at radius 2 is 2.11 bits per heavy atom. The molecular weight excluding hydrogens is 228 g/mol. The van der Waals surface area contributed by atoms with Crippen LogP contribution < -0.4 is 15.8 Å². The fraction of sp³-hybridized carbons (Fsp3) is 0.500. The van der Waals surface area contributed by atoms with Crippen LogP contribution in [0.1, 0.15) is 25.0 Å². The molecule has 0 radical (unpaired) electrons. The number of aryl methyl sites for hydroxylation is 1. The largest absolute Gasteiger partial charge is 0.496 e. The summed E-state index contributed by atoms with van der Waals surface area (Å²) in [7, 11) is 1.64. The first-order valence-corrected chi connectivity index (χ1v) is 6.12. The molecule has 4 heteroatoms. The maximum atomic E-state index is 11.7. The van der Waals surface area contributed by atoms with Crippen LogP contribution >= 0.6 is 0 Å². The van der Waals surface area contributed by atoms with Crippen LogP contribution in [0.4, 0.5) is 0 Å². The van der Waals surface area contributed by atoms with E-state index in [0.717, 1.165) is 16.9 Å². The summed E-state index contributed by atoms with van der Waals surface area (Å²) in [5, 5.41) is 2.83. The maximum absolute atomic E-state index is 11.7. The van der Waals surface area contributed by atoms with Gasteiger partial charge in [0.15, 0.2) is 0 Å². The fourth-order valence-corrected chi connectivity index (χ4v) is 1.58. The zero-order valence-corrected chi connectivity index (χ0v) is 11.5. The van der Waals surface area contributed by atoms with Crippen molar-refractivity contribution in [2.45, 2.75) is 33.4 Å². The molecule has 1 aromatic carbocycles. The Kier molecular flexibility index (Phi) is 5.16. The lowest BCUT2D eigenvalue weighted by Gasteiger charge is -2.15. The highest BCUT2D eigenvalue weighted by Crippen LogP contribution is 2.18. The van der Waals surface area contributed by atoms with Crippen molar-refractivity contribution < 1.29 is 9.53 Å². The van der Waals surface area contributed by atoms with Crippen molar-refractivity contribution in [3.8, 4) is 5.75 Å². The van der Waals surface area contributed by atoms with E-state index in [9.17, 15) is 4.79 Å². The van der Waals surface area contributed by atoms with E-state index >= 15 is 0 Å². The minimum absolute atomic E-state index is 0.121. The highest BCUT2D eigenvalue weighted by atomic mass is 16.5. The molecule has 0 aliphatic carbocycles. The SMILES string of the molecule is COc1cc(CNC(=O)[C@@H](N)C(C)C)ccc1C. The molecule has 18 heavy (non-hydrogen) atoms. The molecule has 0 spiro atoms. The molecule has 0 unspecified atom stereocenters. The van der Waals surface area contributed by atoms with Gasteiger partial charge in [0.1, 0.15) is 5.75 Å². The first kappa shape index (κ1) is 14.5. The Morgan fingerprint density at radius 1 is 1.44 bits per heavy atom. The molecular formula is C14H22N2O2. The van der Waals surface area contributed by atoms with Gasteiger partial charge in [0.25, 0.3) is 0 Å². The topological polar surface area (TPSA) is 64.3 Å². The van der Waals surface area contributed by atoms with Crippen LogP contribution in [0.15, 0.2) is 18.2 Å². The number of ether oxygens (including phenoxy) is 1. The van der Waals surface area contributed by atoms with Gasteiger partial charge >= 0.3 is 0 Å². The summed E-state index contributed by atoms with van der Waals surface area (Å²) in [4.78, 5) is 11.7. The summed E-state index contributed by atoms with van der Waals surface area (Å²) in [5.74, 6) is 0.844. The molecule has 4 nitrogen and oxygen atoms in total. The highest BCUT2D eigenvalue weighted by Gasteiger charge is 2.16. The van der Waals surface area contributed by atoms with Gasteiger partial charge < -0.3 is 15.8 Å².